The van der Waals surface area contributed by atoms with Crippen molar-refractivity contribution in [3.05, 3.63) is 23.8 Å². The number of ether oxygens (including phenoxy) is 2. The minimum atomic E-state index is -0.113. The number of benzene rings is 1. The van der Waals surface area contributed by atoms with Crippen LogP contribution in [0.1, 0.15) is 31.2 Å². The lowest BCUT2D eigenvalue weighted by molar-refractivity contribution is 0.186. The zero-order chi connectivity index (χ0) is 16.9. The van der Waals surface area contributed by atoms with Gasteiger partial charge in [0.25, 0.3) is 0 Å². The predicted molar refractivity (Wildman–Crippen MR) is 92.5 cm³/mol. The first-order valence-electron chi connectivity index (χ1n) is 8.69. The molecule has 2 fully saturated rings. The van der Waals surface area contributed by atoms with Crippen molar-refractivity contribution in [2.75, 3.05) is 27.3 Å². The van der Waals surface area contributed by atoms with Gasteiger partial charge in [-0.25, -0.2) is 4.79 Å². The van der Waals surface area contributed by atoms with Crippen molar-refractivity contribution >= 4 is 6.03 Å². The molecule has 24 heavy (non-hydrogen) atoms. The second-order valence-electron chi connectivity index (χ2n) is 6.55. The van der Waals surface area contributed by atoms with Crippen LogP contribution in [0.5, 0.6) is 11.5 Å². The fraction of sp³-hybridized carbons (Fsp3) is 0.611. The van der Waals surface area contributed by atoms with Crippen LogP contribution < -0.4 is 20.1 Å². The van der Waals surface area contributed by atoms with Crippen LogP contribution in [0.2, 0.25) is 0 Å². The standard InChI is InChI=1S/C18H27N3O3/c1-23-16-6-3-13(17(11-16)24-2)12-19-18(22)20-14-7-9-21(10-8-14)15-4-5-15/h3,6,11,14-15H,4-5,7-10,12H2,1-2H3,(H2,19,20,22). The molecule has 2 N–H and O–H groups in total. The highest BCUT2D eigenvalue weighted by Crippen LogP contribution is 2.29. The topological polar surface area (TPSA) is 62.8 Å². The smallest absolute Gasteiger partial charge is 0.315 e. The third-order valence-corrected chi connectivity index (χ3v) is 4.86. The van der Waals surface area contributed by atoms with Gasteiger partial charge in [-0.15, -0.1) is 0 Å². The van der Waals surface area contributed by atoms with Gasteiger partial charge in [-0.3, -0.25) is 0 Å². The van der Waals surface area contributed by atoms with Crippen LogP contribution in [-0.4, -0.2) is 50.3 Å². The zero-order valence-electron chi connectivity index (χ0n) is 14.5. The van der Waals surface area contributed by atoms with E-state index in [0.29, 0.717) is 12.3 Å². The van der Waals surface area contributed by atoms with E-state index in [1.54, 1.807) is 14.2 Å². The van der Waals surface area contributed by atoms with Crippen LogP contribution in [0, 0.1) is 0 Å². The van der Waals surface area contributed by atoms with E-state index in [-0.39, 0.29) is 12.1 Å². The first-order valence-corrected chi connectivity index (χ1v) is 8.69. The number of methoxy groups -OCH3 is 2. The number of carbonyl (C=O) groups is 1. The molecule has 1 aliphatic heterocycles. The van der Waals surface area contributed by atoms with Gasteiger partial charge in [0.1, 0.15) is 11.5 Å². The summed E-state index contributed by atoms with van der Waals surface area (Å²) in [6.07, 6.45) is 4.77. The number of amides is 2. The molecule has 0 atom stereocenters. The van der Waals surface area contributed by atoms with E-state index < -0.39 is 0 Å². The van der Waals surface area contributed by atoms with Crippen molar-refractivity contribution in [3.8, 4) is 11.5 Å². The minimum Gasteiger partial charge on any atom is -0.497 e. The third kappa shape index (κ3) is 4.32. The highest BCUT2D eigenvalue weighted by atomic mass is 16.5. The summed E-state index contributed by atoms with van der Waals surface area (Å²) in [5.41, 5.74) is 0.928. The fourth-order valence-corrected chi connectivity index (χ4v) is 3.26. The van der Waals surface area contributed by atoms with Gasteiger partial charge in [0.05, 0.1) is 14.2 Å². The van der Waals surface area contributed by atoms with E-state index in [1.165, 1.54) is 12.8 Å². The highest BCUT2D eigenvalue weighted by molar-refractivity contribution is 5.74. The summed E-state index contributed by atoms with van der Waals surface area (Å²) in [5.74, 6) is 1.45. The lowest BCUT2D eigenvalue weighted by Gasteiger charge is -2.32. The van der Waals surface area contributed by atoms with Crippen LogP contribution in [0.15, 0.2) is 18.2 Å². The van der Waals surface area contributed by atoms with Gasteiger partial charge in [0.15, 0.2) is 0 Å². The third-order valence-electron chi connectivity index (χ3n) is 4.86. The molecule has 1 heterocycles. The molecular formula is C18H27N3O3. The first-order chi connectivity index (χ1) is 11.7. The van der Waals surface area contributed by atoms with Gasteiger partial charge in [-0.05, 0) is 37.8 Å². The Morgan fingerprint density at radius 1 is 1.17 bits per heavy atom. The van der Waals surface area contributed by atoms with Gasteiger partial charge in [-0.2, -0.15) is 0 Å². The molecule has 6 heteroatoms. The van der Waals surface area contributed by atoms with Gasteiger partial charge in [-0.1, -0.05) is 0 Å². The Morgan fingerprint density at radius 3 is 2.54 bits per heavy atom. The molecule has 1 aliphatic carbocycles. The molecule has 0 aromatic heterocycles. The van der Waals surface area contributed by atoms with Gasteiger partial charge in [0.2, 0.25) is 0 Å². The fourth-order valence-electron chi connectivity index (χ4n) is 3.26. The molecular weight excluding hydrogens is 306 g/mol. The Morgan fingerprint density at radius 2 is 1.92 bits per heavy atom. The monoisotopic (exact) mass is 333 g/mol. The quantitative estimate of drug-likeness (QED) is 0.837. The van der Waals surface area contributed by atoms with Crippen molar-refractivity contribution in [1.29, 1.82) is 0 Å². The Bertz CT molecular complexity index is 567. The van der Waals surface area contributed by atoms with Crippen molar-refractivity contribution in [2.45, 2.75) is 44.3 Å². The SMILES string of the molecule is COc1ccc(CNC(=O)NC2CCN(C3CC3)CC2)c(OC)c1. The normalized spacial score (nSPS) is 18.9. The van der Waals surface area contributed by atoms with Gasteiger partial charge in [0, 0.05) is 43.3 Å². The molecule has 6 nitrogen and oxygen atoms in total. The number of nitrogens with one attached hydrogen (secondary N) is 2. The average molecular weight is 333 g/mol. The van der Waals surface area contributed by atoms with Gasteiger partial charge < -0.3 is 25.0 Å². The van der Waals surface area contributed by atoms with Crippen LogP contribution in [0.3, 0.4) is 0 Å². The number of hydrogen-bond acceptors (Lipinski definition) is 4. The second kappa shape index (κ2) is 7.75. The lowest BCUT2D eigenvalue weighted by atomic mass is 10.1. The zero-order valence-corrected chi connectivity index (χ0v) is 14.5. The second-order valence-corrected chi connectivity index (χ2v) is 6.55. The molecule has 3 rings (SSSR count). The molecule has 1 saturated heterocycles. The Balaban J connectivity index is 1.44. The molecule has 2 amide bonds. The maximum absolute atomic E-state index is 12.1. The number of carbonyl (C=O) groups excluding carboxylic acids is 1. The summed E-state index contributed by atoms with van der Waals surface area (Å²) in [6, 6.07) is 6.58. The molecule has 0 unspecified atom stereocenters. The van der Waals surface area contributed by atoms with E-state index in [1.807, 2.05) is 18.2 Å². The molecule has 1 saturated carbocycles. The van der Waals surface area contributed by atoms with E-state index in [0.717, 1.165) is 43.3 Å². The number of piperidine rings is 1. The summed E-state index contributed by atoms with van der Waals surface area (Å²) < 4.78 is 10.5. The highest BCUT2D eigenvalue weighted by Gasteiger charge is 2.32. The molecule has 0 radical (unpaired) electrons. The number of nitrogens with zero attached hydrogens (tertiary/aromatic N) is 1. The van der Waals surface area contributed by atoms with Crippen LogP contribution in [-0.2, 0) is 6.54 Å². The van der Waals surface area contributed by atoms with Crippen LogP contribution in [0.25, 0.3) is 0 Å². The molecule has 0 spiro atoms. The van der Waals surface area contributed by atoms with Gasteiger partial charge >= 0.3 is 6.03 Å². The molecule has 0 bridgehead atoms. The number of urea groups is 1. The lowest BCUT2D eigenvalue weighted by Crippen LogP contribution is -2.48. The summed E-state index contributed by atoms with van der Waals surface area (Å²) in [6.45, 7) is 2.63. The number of hydrogen-bond donors (Lipinski definition) is 2. The van der Waals surface area contributed by atoms with Crippen molar-refractivity contribution in [1.82, 2.24) is 15.5 Å². The average Bonchev–Trinajstić information content (AvgIpc) is 3.45. The summed E-state index contributed by atoms with van der Waals surface area (Å²) in [5, 5.41) is 6.01. The maximum atomic E-state index is 12.1. The Labute approximate surface area is 143 Å². The van der Waals surface area contributed by atoms with Crippen molar-refractivity contribution in [3.63, 3.8) is 0 Å². The largest absolute Gasteiger partial charge is 0.497 e. The number of likely N-dealkylation sites (tertiary alicyclic amines) is 1. The molecule has 1 aromatic rings. The summed E-state index contributed by atoms with van der Waals surface area (Å²) >= 11 is 0. The molecule has 2 aliphatic rings. The van der Waals surface area contributed by atoms with Crippen molar-refractivity contribution in [2.24, 2.45) is 0 Å². The van der Waals surface area contributed by atoms with Crippen LogP contribution in [0.4, 0.5) is 4.79 Å². The van der Waals surface area contributed by atoms with Crippen LogP contribution >= 0.6 is 0 Å². The Hall–Kier alpha value is -1.95. The van der Waals surface area contributed by atoms with E-state index in [2.05, 4.69) is 15.5 Å². The van der Waals surface area contributed by atoms with E-state index >= 15 is 0 Å². The van der Waals surface area contributed by atoms with E-state index in [4.69, 9.17) is 9.47 Å². The maximum Gasteiger partial charge on any atom is 0.315 e. The predicted octanol–water partition coefficient (Wildman–Crippen LogP) is 2.13. The van der Waals surface area contributed by atoms with E-state index in [9.17, 15) is 4.79 Å². The molecule has 1 aromatic carbocycles. The molecule has 132 valence electrons. The number of rotatable bonds is 6. The summed E-state index contributed by atoms with van der Waals surface area (Å²) in [7, 11) is 3.24. The Kier molecular flexibility index (Phi) is 5.45. The first kappa shape index (κ1) is 16.9. The minimum absolute atomic E-state index is 0.113. The van der Waals surface area contributed by atoms with Crippen molar-refractivity contribution < 1.29 is 14.3 Å². The summed E-state index contributed by atoms with van der Waals surface area (Å²) in [4.78, 5) is 14.7.